The molecule has 0 aliphatic rings. The topological polar surface area (TPSA) is 44.5 Å². The lowest BCUT2D eigenvalue weighted by molar-refractivity contribution is 0.297. The monoisotopic (exact) mass is 263 g/mol. The van der Waals surface area contributed by atoms with Gasteiger partial charge >= 0.3 is 0 Å². The standard InChI is InChI=1S/C14H14ClNO2/c1-17-14-5-3-2-4-10(14)9-18-11-6-7-12(15)13(16)8-11/h2-8H,9,16H2,1H3. The van der Waals surface area contributed by atoms with E-state index in [9.17, 15) is 0 Å². The molecule has 4 heteroatoms. The van der Waals surface area contributed by atoms with Crippen LogP contribution in [0.5, 0.6) is 11.5 Å². The Bertz CT molecular complexity index is 543. The van der Waals surface area contributed by atoms with Gasteiger partial charge in [0.05, 0.1) is 17.8 Å². The molecule has 18 heavy (non-hydrogen) atoms. The van der Waals surface area contributed by atoms with E-state index < -0.39 is 0 Å². The maximum Gasteiger partial charge on any atom is 0.125 e. The van der Waals surface area contributed by atoms with Crippen molar-refractivity contribution in [3.8, 4) is 11.5 Å². The number of nitrogen functional groups attached to an aromatic ring is 1. The van der Waals surface area contributed by atoms with E-state index >= 15 is 0 Å². The van der Waals surface area contributed by atoms with Crippen molar-refractivity contribution in [3.05, 3.63) is 53.1 Å². The van der Waals surface area contributed by atoms with Crippen molar-refractivity contribution in [1.29, 1.82) is 0 Å². The lowest BCUT2D eigenvalue weighted by atomic mass is 10.2. The first-order valence-electron chi connectivity index (χ1n) is 5.50. The summed E-state index contributed by atoms with van der Waals surface area (Å²) in [5.41, 5.74) is 7.20. The highest BCUT2D eigenvalue weighted by molar-refractivity contribution is 6.33. The zero-order valence-corrected chi connectivity index (χ0v) is 10.8. The summed E-state index contributed by atoms with van der Waals surface area (Å²) in [6, 6.07) is 12.9. The molecule has 0 fully saturated rings. The molecule has 0 radical (unpaired) electrons. The first-order valence-corrected chi connectivity index (χ1v) is 5.88. The summed E-state index contributed by atoms with van der Waals surface area (Å²) in [4.78, 5) is 0. The Morgan fingerprint density at radius 3 is 2.67 bits per heavy atom. The fraction of sp³-hybridized carbons (Fsp3) is 0.143. The van der Waals surface area contributed by atoms with E-state index in [1.165, 1.54) is 0 Å². The fourth-order valence-electron chi connectivity index (χ4n) is 1.59. The quantitative estimate of drug-likeness (QED) is 0.859. The van der Waals surface area contributed by atoms with Crippen molar-refractivity contribution in [2.24, 2.45) is 0 Å². The Morgan fingerprint density at radius 1 is 1.17 bits per heavy atom. The molecule has 0 aliphatic heterocycles. The molecule has 0 amide bonds. The largest absolute Gasteiger partial charge is 0.496 e. The number of hydrogen-bond acceptors (Lipinski definition) is 3. The lowest BCUT2D eigenvalue weighted by Crippen LogP contribution is -1.99. The minimum absolute atomic E-state index is 0.422. The molecule has 0 saturated heterocycles. The summed E-state index contributed by atoms with van der Waals surface area (Å²) in [6.45, 7) is 0.422. The van der Waals surface area contributed by atoms with Gasteiger partial charge in [-0.3, -0.25) is 0 Å². The van der Waals surface area contributed by atoms with E-state index in [4.69, 9.17) is 26.8 Å². The summed E-state index contributed by atoms with van der Waals surface area (Å²) in [6.07, 6.45) is 0. The van der Waals surface area contributed by atoms with E-state index in [2.05, 4.69) is 0 Å². The van der Waals surface area contributed by atoms with Gasteiger partial charge in [0.15, 0.2) is 0 Å². The van der Waals surface area contributed by atoms with Gasteiger partial charge in [-0.05, 0) is 18.2 Å². The van der Waals surface area contributed by atoms with Crippen LogP contribution in [0.3, 0.4) is 0 Å². The molecule has 0 atom stereocenters. The molecule has 2 aromatic rings. The predicted molar refractivity (Wildman–Crippen MR) is 73.2 cm³/mol. The van der Waals surface area contributed by atoms with Crippen molar-refractivity contribution in [2.45, 2.75) is 6.61 Å². The maximum atomic E-state index is 5.84. The molecule has 3 nitrogen and oxygen atoms in total. The van der Waals surface area contributed by atoms with Crippen LogP contribution in [0.25, 0.3) is 0 Å². The van der Waals surface area contributed by atoms with Crippen molar-refractivity contribution in [2.75, 3.05) is 12.8 Å². The van der Waals surface area contributed by atoms with Crippen LogP contribution in [0.2, 0.25) is 5.02 Å². The third kappa shape index (κ3) is 2.87. The summed E-state index contributed by atoms with van der Waals surface area (Å²) in [7, 11) is 1.64. The number of halogens is 1. The Hall–Kier alpha value is -1.87. The van der Waals surface area contributed by atoms with Gasteiger partial charge in [-0.1, -0.05) is 29.8 Å². The molecule has 2 aromatic carbocycles. The number of nitrogens with two attached hydrogens (primary N) is 1. The summed E-state index contributed by atoms with van der Waals surface area (Å²) < 4.78 is 10.9. The number of ether oxygens (including phenoxy) is 2. The van der Waals surface area contributed by atoms with Gasteiger partial charge in [0.2, 0.25) is 0 Å². The van der Waals surface area contributed by atoms with Crippen molar-refractivity contribution in [3.63, 3.8) is 0 Å². The Balaban J connectivity index is 2.09. The van der Waals surface area contributed by atoms with Crippen molar-refractivity contribution < 1.29 is 9.47 Å². The average Bonchev–Trinajstić information content (AvgIpc) is 2.40. The Kier molecular flexibility index (Phi) is 3.95. The zero-order valence-electron chi connectivity index (χ0n) is 10.0. The molecule has 0 spiro atoms. The molecule has 2 rings (SSSR count). The van der Waals surface area contributed by atoms with Gasteiger partial charge in [0.1, 0.15) is 18.1 Å². The summed E-state index contributed by atoms with van der Waals surface area (Å²) >= 11 is 5.84. The van der Waals surface area contributed by atoms with Crippen LogP contribution in [0.4, 0.5) is 5.69 Å². The van der Waals surface area contributed by atoms with E-state index in [1.807, 2.05) is 24.3 Å². The Labute approximate surface area is 111 Å². The minimum atomic E-state index is 0.422. The second kappa shape index (κ2) is 5.65. The average molecular weight is 264 g/mol. The second-order valence-electron chi connectivity index (χ2n) is 3.78. The van der Waals surface area contributed by atoms with Gasteiger partial charge < -0.3 is 15.2 Å². The SMILES string of the molecule is COc1ccccc1COc1ccc(Cl)c(N)c1. The van der Waals surface area contributed by atoms with Gasteiger partial charge in [0.25, 0.3) is 0 Å². The van der Waals surface area contributed by atoms with Crippen LogP contribution in [-0.2, 0) is 6.61 Å². The van der Waals surface area contributed by atoms with Gasteiger partial charge in [0, 0.05) is 11.6 Å². The number of benzene rings is 2. The van der Waals surface area contributed by atoms with Crippen molar-refractivity contribution in [1.82, 2.24) is 0 Å². The van der Waals surface area contributed by atoms with E-state index in [1.54, 1.807) is 25.3 Å². The van der Waals surface area contributed by atoms with Crippen LogP contribution in [0, 0.1) is 0 Å². The number of anilines is 1. The third-order valence-corrected chi connectivity index (χ3v) is 2.90. The second-order valence-corrected chi connectivity index (χ2v) is 4.19. The first kappa shape index (κ1) is 12.6. The van der Waals surface area contributed by atoms with Gasteiger partial charge in [-0.2, -0.15) is 0 Å². The van der Waals surface area contributed by atoms with E-state index in [-0.39, 0.29) is 0 Å². The number of methoxy groups -OCH3 is 1. The number of rotatable bonds is 4. The highest BCUT2D eigenvalue weighted by Crippen LogP contribution is 2.25. The third-order valence-electron chi connectivity index (χ3n) is 2.55. The molecular weight excluding hydrogens is 250 g/mol. The highest BCUT2D eigenvalue weighted by atomic mass is 35.5. The zero-order chi connectivity index (χ0) is 13.0. The molecule has 94 valence electrons. The number of hydrogen-bond donors (Lipinski definition) is 1. The van der Waals surface area contributed by atoms with Crippen LogP contribution >= 0.6 is 11.6 Å². The van der Waals surface area contributed by atoms with E-state index in [0.717, 1.165) is 11.3 Å². The van der Waals surface area contributed by atoms with E-state index in [0.29, 0.717) is 23.1 Å². The molecule has 0 bridgehead atoms. The predicted octanol–water partition coefficient (Wildman–Crippen LogP) is 3.51. The molecule has 0 heterocycles. The van der Waals surface area contributed by atoms with Crippen LogP contribution < -0.4 is 15.2 Å². The molecule has 0 aromatic heterocycles. The molecular formula is C14H14ClNO2. The minimum Gasteiger partial charge on any atom is -0.496 e. The highest BCUT2D eigenvalue weighted by Gasteiger charge is 2.04. The molecule has 0 aliphatic carbocycles. The van der Waals surface area contributed by atoms with Crippen molar-refractivity contribution >= 4 is 17.3 Å². The summed E-state index contributed by atoms with van der Waals surface area (Å²) in [5, 5.41) is 0.527. The van der Waals surface area contributed by atoms with Gasteiger partial charge in [-0.15, -0.1) is 0 Å². The lowest BCUT2D eigenvalue weighted by Gasteiger charge is -2.10. The van der Waals surface area contributed by atoms with Crippen LogP contribution in [-0.4, -0.2) is 7.11 Å². The molecule has 2 N–H and O–H groups in total. The summed E-state index contributed by atoms with van der Waals surface area (Å²) in [5.74, 6) is 1.49. The Morgan fingerprint density at radius 2 is 1.94 bits per heavy atom. The smallest absolute Gasteiger partial charge is 0.125 e. The van der Waals surface area contributed by atoms with Gasteiger partial charge in [-0.25, -0.2) is 0 Å². The fourth-order valence-corrected chi connectivity index (χ4v) is 1.71. The maximum absolute atomic E-state index is 5.84. The normalized spacial score (nSPS) is 10.1. The number of para-hydroxylation sites is 1. The molecule has 0 saturated carbocycles. The first-order chi connectivity index (χ1) is 8.70. The molecule has 0 unspecified atom stereocenters. The van der Waals surface area contributed by atoms with Crippen LogP contribution in [0.15, 0.2) is 42.5 Å². The van der Waals surface area contributed by atoms with Crippen LogP contribution in [0.1, 0.15) is 5.56 Å².